The number of sulfone groups is 1. The number of benzene rings is 1. The van der Waals surface area contributed by atoms with Crippen molar-refractivity contribution in [2.75, 3.05) is 6.26 Å². The summed E-state index contributed by atoms with van der Waals surface area (Å²) in [5.74, 6) is 0. The highest BCUT2D eigenvalue weighted by molar-refractivity contribution is 7.90. The summed E-state index contributed by atoms with van der Waals surface area (Å²) >= 11 is 0. The molecule has 0 aliphatic carbocycles. The van der Waals surface area contributed by atoms with Crippen molar-refractivity contribution in [3.63, 3.8) is 0 Å². The number of nitriles is 1. The summed E-state index contributed by atoms with van der Waals surface area (Å²) in [7, 11) is -3.23. The van der Waals surface area contributed by atoms with Crippen molar-refractivity contribution in [1.82, 2.24) is 4.98 Å². The van der Waals surface area contributed by atoms with Crippen molar-refractivity contribution in [1.29, 1.82) is 5.26 Å². The van der Waals surface area contributed by atoms with Crippen LogP contribution in [0.4, 0.5) is 0 Å². The lowest BCUT2D eigenvalue weighted by Gasteiger charge is -1.97. The first-order valence-electron chi connectivity index (χ1n) is 4.66. The van der Waals surface area contributed by atoms with E-state index in [0.29, 0.717) is 10.9 Å². The molecule has 1 N–H and O–H groups in total. The van der Waals surface area contributed by atoms with Crippen molar-refractivity contribution in [3.05, 3.63) is 29.5 Å². The van der Waals surface area contributed by atoms with Crippen molar-refractivity contribution >= 4 is 20.7 Å². The fraction of sp³-hybridized carbons (Fsp3) is 0.182. The lowest BCUT2D eigenvalue weighted by Crippen LogP contribution is -1.96. The highest BCUT2D eigenvalue weighted by Gasteiger charge is 2.12. The van der Waals surface area contributed by atoms with Gasteiger partial charge in [-0.05, 0) is 25.1 Å². The quantitative estimate of drug-likeness (QED) is 0.816. The van der Waals surface area contributed by atoms with E-state index in [-0.39, 0.29) is 4.90 Å². The van der Waals surface area contributed by atoms with Crippen LogP contribution in [0.3, 0.4) is 0 Å². The molecule has 1 heterocycles. The molecule has 0 fully saturated rings. The van der Waals surface area contributed by atoms with E-state index in [1.165, 1.54) is 12.1 Å². The Morgan fingerprint density at radius 1 is 1.38 bits per heavy atom. The maximum atomic E-state index is 11.4. The molecule has 4 nitrogen and oxygen atoms in total. The van der Waals surface area contributed by atoms with Gasteiger partial charge in [-0.3, -0.25) is 0 Å². The van der Waals surface area contributed by atoms with Gasteiger partial charge in [-0.25, -0.2) is 8.42 Å². The van der Waals surface area contributed by atoms with Crippen LogP contribution in [0.5, 0.6) is 0 Å². The molecule has 2 aromatic rings. The lowest BCUT2D eigenvalue weighted by molar-refractivity contribution is 0.602. The Labute approximate surface area is 93.4 Å². The molecule has 82 valence electrons. The van der Waals surface area contributed by atoms with E-state index in [1.54, 1.807) is 13.0 Å². The number of aromatic nitrogens is 1. The zero-order valence-corrected chi connectivity index (χ0v) is 9.72. The van der Waals surface area contributed by atoms with Crippen LogP contribution in [0, 0.1) is 18.3 Å². The molecule has 0 radical (unpaired) electrons. The smallest absolute Gasteiger partial charge is 0.175 e. The number of fused-ring (bicyclic) bond motifs is 1. The maximum absolute atomic E-state index is 11.4. The standard InChI is InChI=1S/C11H10N2O2S/c1-7-10(6-12)9-5-8(16(2,14)15)3-4-11(9)13-7/h3-5,13H,1-2H3. The number of hydrogen-bond donors (Lipinski definition) is 1. The minimum absolute atomic E-state index is 0.232. The van der Waals surface area contributed by atoms with Gasteiger partial charge in [0, 0.05) is 22.9 Å². The molecule has 2 rings (SSSR count). The fourth-order valence-electron chi connectivity index (χ4n) is 1.68. The molecule has 0 saturated heterocycles. The van der Waals surface area contributed by atoms with E-state index >= 15 is 0 Å². The zero-order valence-electron chi connectivity index (χ0n) is 8.90. The Hall–Kier alpha value is -1.80. The molecule has 0 aliphatic heterocycles. The summed E-state index contributed by atoms with van der Waals surface area (Å²) in [6, 6.07) is 6.82. The fourth-order valence-corrected chi connectivity index (χ4v) is 2.33. The number of H-pyrrole nitrogens is 1. The third-order valence-electron chi connectivity index (χ3n) is 2.50. The number of rotatable bonds is 1. The molecule has 0 unspecified atom stereocenters. The van der Waals surface area contributed by atoms with Crippen LogP contribution >= 0.6 is 0 Å². The first-order chi connectivity index (χ1) is 7.43. The monoisotopic (exact) mass is 234 g/mol. The molecule has 0 atom stereocenters. The lowest BCUT2D eigenvalue weighted by atomic mass is 10.1. The summed E-state index contributed by atoms with van der Waals surface area (Å²) in [4.78, 5) is 3.27. The van der Waals surface area contributed by atoms with Crippen LogP contribution in [0.2, 0.25) is 0 Å². The Kier molecular flexibility index (Phi) is 2.25. The van der Waals surface area contributed by atoms with Gasteiger partial charge >= 0.3 is 0 Å². The zero-order chi connectivity index (χ0) is 11.9. The third kappa shape index (κ3) is 1.57. The molecule has 0 spiro atoms. The Morgan fingerprint density at radius 2 is 2.06 bits per heavy atom. The van der Waals surface area contributed by atoms with Gasteiger partial charge in [0.25, 0.3) is 0 Å². The molecular weight excluding hydrogens is 224 g/mol. The molecule has 0 saturated carbocycles. The van der Waals surface area contributed by atoms with Crippen molar-refractivity contribution in [2.45, 2.75) is 11.8 Å². The average Bonchev–Trinajstić information content (AvgIpc) is 2.50. The molecular formula is C11H10N2O2S. The Bertz CT molecular complexity index is 705. The second-order valence-electron chi connectivity index (χ2n) is 3.72. The van der Waals surface area contributed by atoms with Gasteiger partial charge in [0.1, 0.15) is 6.07 Å². The molecule has 0 bridgehead atoms. The highest BCUT2D eigenvalue weighted by atomic mass is 32.2. The molecule has 0 amide bonds. The minimum atomic E-state index is -3.23. The largest absolute Gasteiger partial charge is 0.358 e. The van der Waals surface area contributed by atoms with Gasteiger partial charge in [0.2, 0.25) is 0 Å². The average molecular weight is 234 g/mol. The van der Waals surface area contributed by atoms with Crippen molar-refractivity contribution in [3.8, 4) is 6.07 Å². The van der Waals surface area contributed by atoms with Crippen molar-refractivity contribution < 1.29 is 8.42 Å². The second-order valence-corrected chi connectivity index (χ2v) is 5.73. The van der Waals surface area contributed by atoms with Gasteiger partial charge in [-0.2, -0.15) is 5.26 Å². The minimum Gasteiger partial charge on any atom is -0.358 e. The van der Waals surface area contributed by atoms with Crippen LogP contribution in [-0.4, -0.2) is 19.7 Å². The third-order valence-corrected chi connectivity index (χ3v) is 3.61. The number of hydrogen-bond acceptors (Lipinski definition) is 3. The van der Waals surface area contributed by atoms with E-state index < -0.39 is 9.84 Å². The summed E-state index contributed by atoms with van der Waals surface area (Å²) in [5, 5.41) is 9.64. The second kappa shape index (κ2) is 3.35. The van der Waals surface area contributed by atoms with Crippen LogP contribution in [-0.2, 0) is 9.84 Å². The van der Waals surface area contributed by atoms with Crippen LogP contribution in [0.15, 0.2) is 23.1 Å². The van der Waals surface area contributed by atoms with Gasteiger partial charge < -0.3 is 4.98 Å². The van der Waals surface area contributed by atoms with E-state index in [1.807, 2.05) is 0 Å². The normalized spacial score (nSPS) is 11.6. The maximum Gasteiger partial charge on any atom is 0.175 e. The molecule has 5 heteroatoms. The summed E-state index contributed by atoms with van der Waals surface area (Å²) in [6.07, 6.45) is 1.15. The predicted octanol–water partition coefficient (Wildman–Crippen LogP) is 1.75. The predicted molar refractivity (Wildman–Crippen MR) is 60.9 cm³/mol. The summed E-state index contributed by atoms with van der Waals surface area (Å²) in [5.41, 5.74) is 2.03. The number of aromatic amines is 1. The molecule has 1 aromatic heterocycles. The first kappa shape index (κ1) is 10.7. The van der Waals surface area contributed by atoms with E-state index in [2.05, 4.69) is 11.1 Å². The highest BCUT2D eigenvalue weighted by Crippen LogP contribution is 2.24. The van der Waals surface area contributed by atoms with E-state index in [0.717, 1.165) is 17.5 Å². The molecule has 0 aliphatic rings. The number of aryl methyl sites for hydroxylation is 1. The number of nitrogens with one attached hydrogen (secondary N) is 1. The van der Waals surface area contributed by atoms with Gasteiger partial charge in [0.05, 0.1) is 10.5 Å². The van der Waals surface area contributed by atoms with Gasteiger partial charge in [-0.15, -0.1) is 0 Å². The molecule has 16 heavy (non-hydrogen) atoms. The van der Waals surface area contributed by atoms with Crippen molar-refractivity contribution in [2.24, 2.45) is 0 Å². The van der Waals surface area contributed by atoms with E-state index in [9.17, 15) is 8.42 Å². The first-order valence-corrected chi connectivity index (χ1v) is 6.55. The topological polar surface area (TPSA) is 73.7 Å². The summed E-state index contributed by atoms with van der Waals surface area (Å²) in [6.45, 7) is 1.79. The van der Waals surface area contributed by atoms with Gasteiger partial charge in [-0.1, -0.05) is 0 Å². The van der Waals surface area contributed by atoms with Crippen LogP contribution in [0.1, 0.15) is 11.3 Å². The van der Waals surface area contributed by atoms with Gasteiger partial charge in [0.15, 0.2) is 9.84 Å². The van der Waals surface area contributed by atoms with Crippen LogP contribution < -0.4 is 0 Å². The van der Waals surface area contributed by atoms with Crippen LogP contribution in [0.25, 0.3) is 10.9 Å². The van der Waals surface area contributed by atoms with E-state index in [4.69, 9.17) is 5.26 Å². The number of nitrogens with zero attached hydrogens (tertiary/aromatic N) is 1. The SMILES string of the molecule is Cc1[nH]c2ccc(S(C)(=O)=O)cc2c1C#N. The Morgan fingerprint density at radius 3 is 2.62 bits per heavy atom. The molecule has 1 aromatic carbocycles. The Balaban J connectivity index is 2.85. The summed E-state index contributed by atoms with van der Waals surface area (Å²) < 4.78 is 22.8.